The molecule has 0 aliphatic rings. The van der Waals surface area contributed by atoms with Crippen molar-refractivity contribution in [3.63, 3.8) is 0 Å². The first-order valence-corrected chi connectivity index (χ1v) is 6.46. The lowest BCUT2D eigenvalue weighted by Gasteiger charge is -2.32. The van der Waals surface area contributed by atoms with Gasteiger partial charge in [-0.1, -0.05) is 5.16 Å². The molecule has 6 nitrogen and oxygen atoms in total. The third kappa shape index (κ3) is 3.34. The van der Waals surface area contributed by atoms with Gasteiger partial charge in [0, 0.05) is 6.04 Å². The number of hydrogen-bond acceptors (Lipinski definition) is 4. The summed E-state index contributed by atoms with van der Waals surface area (Å²) in [6.07, 6.45) is 0. The minimum atomic E-state index is -3.48. The Bertz CT molecular complexity index is 355. The van der Waals surface area contributed by atoms with Crippen molar-refractivity contribution >= 4 is 15.9 Å². The van der Waals surface area contributed by atoms with Crippen molar-refractivity contribution in [1.82, 2.24) is 4.31 Å². The van der Waals surface area contributed by atoms with Gasteiger partial charge in [0.25, 0.3) is 0 Å². The molecule has 0 saturated heterocycles. The maximum atomic E-state index is 12.2. The van der Waals surface area contributed by atoms with Crippen molar-refractivity contribution in [2.75, 3.05) is 6.54 Å². The molecule has 0 aromatic heterocycles. The zero-order valence-corrected chi connectivity index (χ0v) is 11.2. The summed E-state index contributed by atoms with van der Waals surface area (Å²) in [4.78, 5) is 0. The molecule has 0 aromatic rings. The van der Waals surface area contributed by atoms with Crippen LogP contribution >= 0.6 is 0 Å². The van der Waals surface area contributed by atoms with Crippen LogP contribution in [0.3, 0.4) is 0 Å². The first-order valence-electron chi connectivity index (χ1n) is 5.01. The fourth-order valence-corrected chi connectivity index (χ4v) is 2.65. The second-order valence-electron chi connectivity index (χ2n) is 4.85. The van der Waals surface area contributed by atoms with Gasteiger partial charge in [0.05, 0.1) is 11.3 Å². The molecule has 0 heterocycles. The van der Waals surface area contributed by atoms with Crippen molar-refractivity contribution < 1.29 is 13.6 Å². The number of oxime groups is 1. The van der Waals surface area contributed by atoms with Crippen LogP contribution in [0.4, 0.5) is 0 Å². The lowest BCUT2D eigenvalue weighted by molar-refractivity contribution is 0.311. The average molecular weight is 251 g/mol. The van der Waals surface area contributed by atoms with E-state index in [9.17, 15) is 8.42 Å². The SMILES string of the molecule is CC(C)N(CC(N)=NO)S(=O)(=O)C(C)(C)C. The van der Waals surface area contributed by atoms with Gasteiger partial charge in [0.15, 0.2) is 5.84 Å². The smallest absolute Gasteiger partial charge is 0.219 e. The lowest BCUT2D eigenvalue weighted by Crippen LogP contribution is -2.49. The Balaban J connectivity index is 5.25. The maximum Gasteiger partial charge on any atom is 0.219 e. The molecule has 0 fully saturated rings. The summed E-state index contributed by atoms with van der Waals surface area (Å²) in [5.41, 5.74) is 5.35. The summed E-state index contributed by atoms with van der Waals surface area (Å²) < 4.78 is 24.7. The Hall–Kier alpha value is -0.820. The van der Waals surface area contributed by atoms with Crippen LogP contribution in [0.15, 0.2) is 5.16 Å². The molecule has 0 aliphatic carbocycles. The highest BCUT2D eigenvalue weighted by atomic mass is 32.2. The van der Waals surface area contributed by atoms with Gasteiger partial charge in [-0.2, -0.15) is 4.31 Å². The Morgan fingerprint density at radius 3 is 2.12 bits per heavy atom. The van der Waals surface area contributed by atoms with Gasteiger partial charge < -0.3 is 10.9 Å². The van der Waals surface area contributed by atoms with Gasteiger partial charge in [-0.25, -0.2) is 8.42 Å². The molecule has 0 unspecified atom stereocenters. The zero-order valence-electron chi connectivity index (χ0n) is 10.4. The summed E-state index contributed by atoms with van der Waals surface area (Å²) in [5, 5.41) is 11.3. The fourth-order valence-electron chi connectivity index (χ4n) is 1.09. The highest BCUT2D eigenvalue weighted by Gasteiger charge is 2.37. The Morgan fingerprint density at radius 1 is 1.44 bits per heavy atom. The van der Waals surface area contributed by atoms with Crippen molar-refractivity contribution in [3.8, 4) is 0 Å². The Labute approximate surface area is 97.2 Å². The van der Waals surface area contributed by atoms with Crippen LogP contribution in [0.5, 0.6) is 0 Å². The number of rotatable bonds is 4. The monoisotopic (exact) mass is 251 g/mol. The van der Waals surface area contributed by atoms with Crippen molar-refractivity contribution in [2.45, 2.75) is 45.4 Å². The summed E-state index contributed by atoms with van der Waals surface area (Å²) in [6, 6.07) is -0.246. The van der Waals surface area contributed by atoms with Crippen LogP contribution in [-0.4, -0.2) is 41.1 Å². The molecular formula is C9H21N3O3S. The average Bonchev–Trinajstić information content (AvgIpc) is 2.10. The van der Waals surface area contributed by atoms with Crippen LogP contribution in [0.25, 0.3) is 0 Å². The van der Waals surface area contributed by atoms with E-state index in [4.69, 9.17) is 10.9 Å². The van der Waals surface area contributed by atoms with Gasteiger partial charge in [-0.05, 0) is 34.6 Å². The van der Waals surface area contributed by atoms with E-state index in [2.05, 4.69) is 5.16 Å². The molecule has 0 bridgehead atoms. The predicted molar refractivity (Wildman–Crippen MR) is 63.9 cm³/mol. The first kappa shape index (κ1) is 15.2. The molecule has 0 radical (unpaired) electrons. The van der Waals surface area contributed by atoms with E-state index in [0.29, 0.717) is 0 Å². The van der Waals surface area contributed by atoms with Crippen LogP contribution in [0, 0.1) is 0 Å². The van der Waals surface area contributed by atoms with Gasteiger partial charge in [0.2, 0.25) is 10.0 Å². The third-order valence-electron chi connectivity index (χ3n) is 2.10. The van der Waals surface area contributed by atoms with E-state index in [1.165, 1.54) is 4.31 Å². The molecule has 3 N–H and O–H groups in total. The van der Waals surface area contributed by atoms with E-state index in [1.54, 1.807) is 34.6 Å². The predicted octanol–water partition coefficient (Wildman–Crippen LogP) is 0.572. The number of nitrogens with zero attached hydrogens (tertiary/aromatic N) is 2. The van der Waals surface area contributed by atoms with Gasteiger partial charge >= 0.3 is 0 Å². The fraction of sp³-hybridized carbons (Fsp3) is 0.889. The molecule has 0 aliphatic heterocycles. The summed E-state index contributed by atoms with van der Waals surface area (Å²) in [5.74, 6) is -0.124. The van der Waals surface area contributed by atoms with Gasteiger partial charge in [-0.15, -0.1) is 0 Å². The third-order valence-corrected chi connectivity index (χ3v) is 4.82. The second-order valence-corrected chi connectivity index (χ2v) is 7.49. The number of amidine groups is 1. The Kier molecular flexibility index (Phi) is 4.75. The van der Waals surface area contributed by atoms with Gasteiger partial charge in [-0.3, -0.25) is 0 Å². The normalized spacial score (nSPS) is 14.8. The van der Waals surface area contributed by atoms with E-state index in [0.717, 1.165) is 0 Å². The molecule has 96 valence electrons. The maximum absolute atomic E-state index is 12.2. The summed E-state index contributed by atoms with van der Waals surface area (Å²) >= 11 is 0. The molecule has 0 spiro atoms. The van der Waals surface area contributed by atoms with Crippen LogP contribution in [-0.2, 0) is 10.0 Å². The van der Waals surface area contributed by atoms with Crippen molar-refractivity contribution in [2.24, 2.45) is 10.9 Å². The highest BCUT2D eigenvalue weighted by molar-refractivity contribution is 7.90. The Morgan fingerprint density at radius 2 is 1.88 bits per heavy atom. The molecule has 16 heavy (non-hydrogen) atoms. The molecule has 0 saturated carbocycles. The molecule has 7 heteroatoms. The zero-order chi connectivity index (χ0) is 13.1. The van der Waals surface area contributed by atoms with Crippen molar-refractivity contribution in [1.29, 1.82) is 0 Å². The van der Waals surface area contributed by atoms with Crippen molar-refractivity contribution in [3.05, 3.63) is 0 Å². The summed E-state index contributed by atoms with van der Waals surface area (Å²) in [6.45, 7) is 8.23. The molecule has 0 amide bonds. The molecule has 0 aromatic carbocycles. The van der Waals surface area contributed by atoms with Crippen LogP contribution < -0.4 is 5.73 Å². The van der Waals surface area contributed by atoms with Crippen LogP contribution in [0.2, 0.25) is 0 Å². The van der Waals surface area contributed by atoms with E-state index >= 15 is 0 Å². The molecular weight excluding hydrogens is 230 g/mol. The molecule has 0 atom stereocenters. The van der Waals surface area contributed by atoms with Crippen LogP contribution in [0.1, 0.15) is 34.6 Å². The lowest BCUT2D eigenvalue weighted by atomic mass is 10.3. The van der Waals surface area contributed by atoms with E-state index < -0.39 is 14.8 Å². The minimum absolute atomic E-state index is 0.103. The van der Waals surface area contributed by atoms with Gasteiger partial charge in [0.1, 0.15) is 0 Å². The second kappa shape index (κ2) is 5.01. The van der Waals surface area contributed by atoms with E-state index in [1.807, 2.05) is 0 Å². The topological polar surface area (TPSA) is 96.0 Å². The van der Waals surface area contributed by atoms with E-state index in [-0.39, 0.29) is 18.4 Å². The molecule has 0 rings (SSSR count). The number of hydrogen-bond donors (Lipinski definition) is 2. The standard InChI is InChI=1S/C9H21N3O3S/c1-7(2)12(6-8(10)11-13)16(14,15)9(3,4)5/h7,13H,6H2,1-5H3,(H2,10,11). The quantitative estimate of drug-likeness (QED) is 0.330. The minimum Gasteiger partial charge on any atom is -0.409 e. The number of nitrogens with two attached hydrogens (primary N) is 1. The first-order chi connectivity index (χ1) is 7.04. The summed E-state index contributed by atoms with van der Waals surface area (Å²) in [7, 11) is -3.48. The highest BCUT2D eigenvalue weighted by Crippen LogP contribution is 2.21. The largest absolute Gasteiger partial charge is 0.409 e. The number of sulfonamides is 1.